The lowest BCUT2D eigenvalue weighted by atomic mass is 10.2. The van der Waals surface area contributed by atoms with Crippen molar-refractivity contribution in [2.24, 2.45) is 0 Å². The van der Waals surface area contributed by atoms with E-state index in [4.69, 9.17) is 26.2 Å². The molecule has 5 nitrogen and oxygen atoms in total. The zero-order valence-electron chi connectivity index (χ0n) is 12.6. The average Bonchev–Trinajstić information content (AvgIpc) is 2.45. The van der Waals surface area contributed by atoms with Crippen LogP contribution in [0.1, 0.15) is 32.3 Å². The minimum Gasteiger partial charge on any atom is -0.493 e. The van der Waals surface area contributed by atoms with Gasteiger partial charge in [-0.3, -0.25) is 4.79 Å². The molecule has 1 rings (SSSR count). The van der Waals surface area contributed by atoms with Crippen LogP contribution >= 0.6 is 11.6 Å². The number of amides is 1. The smallest absolute Gasteiger partial charge is 0.258 e. The lowest BCUT2D eigenvalue weighted by Crippen LogP contribution is -2.36. The highest BCUT2D eigenvalue weighted by Crippen LogP contribution is 2.36. The maximum Gasteiger partial charge on any atom is 0.258 e. The second-order valence-corrected chi connectivity index (χ2v) is 5.22. The van der Waals surface area contributed by atoms with E-state index >= 15 is 0 Å². The van der Waals surface area contributed by atoms with E-state index in [9.17, 15) is 4.79 Å². The van der Waals surface area contributed by atoms with Crippen LogP contribution < -0.4 is 14.8 Å². The molecule has 6 heteroatoms. The molecule has 1 aromatic carbocycles. The highest BCUT2D eigenvalue weighted by molar-refractivity contribution is 6.32. The third-order valence-electron chi connectivity index (χ3n) is 2.95. The molecule has 0 saturated carbocycles. The molecule has 0 aliphatic heterocycles. The first kappa shape index (κ1) is 17.6. The van der Waals surface area contributed by atoms with Crippen LogP contribution in [0.5, 0.6) is 11.5 Å². The Balaban J connectivity index is 2.68. The number of ether oxygens (including phenoxy) is 2. The second-order valence-electron chi connectivity index (χ2n) is 4.81. The molecule has 0 saturated heterocycles. The molecule has 0 radical (unpaired) electrons. The molecule has 1 amide bonds. The van der Waals surface area contributed by atoms with Gasteiger partial charge in [0.1, 0.15) is 0 Å². The number of aliphatic hydroxyl groups excluding tert-OH is 1. The Morgan fingerprint density at radius 1 is 1.48 bits per heavy atom. The SMILES string of the molecule is CCCC(C)NC(=O)COc1c(Cl)cc(CO)cc1OC. The molecule has 0 bridgehead atoms. The van der Waals surface area contributed by atoms with Gasteiger partial charge in [-0.25, -0.2) is 0 Å². The van der Waals surface area contributed by atoms with Crippen molar-refractivity contribution in [1.29, 1.82) is 0 Å². The standard InChI is InChI=1S/C15H22ClNO4/c1-4-5-10(2)17-14(19)9-21-15-12(16)6-11(8-18)7-13(15)20-3/h6-7,10,18H,4-5,8-9H2,1-3H3,(H,17,19). The summed E-state index contributed by atoms with van der Waals surface area (Å²) >= 11 is 6.08. The molecular weight excluding hydrogens is 294 g/mol. The van der Waals surface area contributed by atoms with Gasteiger partial charge in [-0.2, -0.15) is 0 Å². The van der Waals surface area contributed by atoms with Crippen LogP contribution in [0.25, 0.3) is 0 Å². The Hall–Kier alpha value is -1.46. The van der Waals surface area contributed by atoms with Crippen LogP contribution in [-0.4, -0.2) is 30.8 Å². The first-order valence-corrected chi connectivity index (χ1v) is 7.29. The summed E-state index contributed by atoms with van der Waals surface area (Å²) < 4.78 is 10.6. The largest absolute Gasteiger partial charge is 0.493 e. The Bertz CT molecular complexity index is 479. The molecule has 0 heterocycles. The maximum atomic E-state index is 11.8. The lowest BCUT2D eigenvalue weighted by Gasteiger charge is -2.15. The minimum atomic E-state index is -0.208. The van der Waals surface area contributed by atoms with Gasteiger partial charge in [0.15, 0.2) is 18.1 Å². The van der Waals surface area contributed by atoms with Gasteiger partial charge in [-0.05, 0) is 31.0 Å². The summed E-state index contributed by atoms with van der Waals surface area (Å²) in [6, 6.07) is 3.32. The van der Waals surface area contributed by atoms with Gasteiger partial charge in [0.05, 0.1) is 18.7 Å². The van der Waals surface area contributed by atoms with E-state index in [0.29, 0.717) is 22.1 Å². The molecule has 118 valence electrons. The van der Waals surface area contributed by atoms with Crippen molar-refractivity contribution in [1.82, 2.24) is 5.32 Å². The molecule has 1 aromatic rings. The Labute approximate surface area is 130 Å². The molecular formula is C15H22ClNO4. The lowest BCUT2D eigenvalue weighted by molar-refractivity contribution is -0.123. The topological polar surface area (TPSA) is 67.8 Å². The molecule has 0 spiro atoms. The quantitative estimate of drug-likeness (QED) is 0.773. The zero-order valence-corrected chi connectivity index (χ0v) is 13.4. The van der Waals surface area contributed by atoms with Crippen LogP contribution in [-0.2, 0) is 11.4 Å². The van der Waals surface area contributed by atoms with E-state index in [0.717, 1.165) is 12.8 Å². The molecule has 2 N–H and O–H groups in total. The monoisotopic (exact) mass is 315 g/mol. The number of methoxy groups -OCH3 is 1. The predicted octanol–water partition coefficient (Wildman–Crippen LogP) is 2.52. The van der Waals surface area contributed by atoms with Gasteiger partial charge in [-0.1, -0.05) is 24.9 Å². The highest BCUT2D eigenvalue weighted by Gasteiger charge is 2.14. The van der Waals surface area contributed by atoms with E-state index in [-0.39, 0.29) is 25.2 Å². The fourth-order valence-corrected chi connectivity index (χ4v) is 2.25. The molecule has 1 atom stereocenters. The first-order chi connectivity index (χ1) is 10.0. The predicted molar refractivity (Wildman–Crippen MR) is 81.9 cm³/mol. The van der Waals surface area contributed by atoms with E-state index in [1.165, 1.54) is 7.11 Å². The van der Waals surface area contributed by atoms with Crippen molar-refractivity contribution in [2.75, 3.05) is 13.7 Å². The number of halogens is 1. The van der Waals surface area contributed by atoms with E-state index < -0.39 is 0 Å². The van der Waals surface area contributed by atoms with Crippen LogP contribution in [0.4, 0.5) is 0 Å². The van der Waals surface area contributed by atoms with Gasteiger partial charge in [0.25, 0.3) is 5.91 Å². The van der Waals surface area contributed by atoms with E-state index in [1.54, 1.807) is 12.1 Å². The van der Waals surface area contributed by atoms with Crippen molar-refractivity contribution >= 4 is 17.5 Å². The van der Waals surface area contributed by atoms with Gasteiger partial charge in [0.2, 0.25) is 0 Å². The number of hydrogen-bond acceptors (Lipinski definition) is 4. The normalized spacial score (nSPS) is 11.9. The molecule has 0 aliphatic carbocycles. The maximum absolute atomic E-state index is 11.8. The van der Waals surface area contributed by atoms with Crippen LogP contribution in [0, 0.1) is 0 Å². The van der Waals surface area contributed by atoms with Gasteiger partial charge >= 0.3 is 0 Å². The van der Waals surface area contributed by atoms with E-state index in [2.05, 4.69) is 12.2 Å². The fraction of sp³-hybridized carbons (Fsp3) is 0.533. The summed E-state index contributed by atoms with van der Waals surface area (Å²) in [5, 5.41) is 12.3. The number of carbonyl (C=O) groups is 1. The second kappa shape index (κ2) is 8.74. The molecule has 0 fully saturated rings. The van der Waals surface area contributed by atoms with Gasteiger partial charge in [0, 0.05) is 6.04 Å². The van der Waals surface area contributed by atoms with Gasteiger partial charge < -0.3 is 19.9 Å². The van der Waals surface area contributed by atoms with Crippen molar-refractivity contribution in [3.8, 4) is 11.5 Å². The van der Waals surface area contributed by atoms with Crippen LogP contribution in [0.2, 0.25) is 5.02 Å². The Morgan fingerprint density at radius 3 is 2.76 bits per heavy atom. The minimum absolute atomic E-state index is 0.111. The summed E-state index contributed by atoms with van der Waals surface area (Å²) in [6.45, 7) is 3.73. The van der Waals surface area contributed by atoms with Gasteiger partial charge in [-0.15, -0.1) is 0 Å². The number of carbonyl (C=O) groups excluding carboxylic acids is 1. The Morgan fingerprint density at radius 2 is 2.19 bits per heavy atom. The van der Waals surface area contributed by atoms with Crippen LogP contribution in [0.3, 0.4) is 0 Å². The summed E-state index contributed by atoms with van der Waals surface area (Å²) in [7, 11) is 1.48. The number of benzene rings is 1. The zero-order chi connectivity index (χ0) is 15.8. The highest BCUT2D eigenvalue weighted by atomic mass is 35.5. The van der Waals surface area contributed by atoms with Crippen molar-refractivity contribution in [3.63, 3.8) is 0 Å². The molecule has 0 aliphatic rings. The van der Waals surface area contributed by atoms with E-state index in [1.807, 2.05) is 6.92 Å². The number of rotatable bonds is 8. The Kier molecular flexibility index (Phi) is 7.32. The van der Waals surface area contributed by atoms with Crippen molar-refractivity contribution in [3.05, 3.63) is 22.7 Å². The number of aliphatic hydroxyl groups is 1. The average molecular weight is 316 g/mol. The summed E-state index contributed by atoms with van der Waals surface area (Å²) in [5.74, 6) is 0.482. The fourth-order valence-electron chi connectivity index (χ4n) is 1.96. The molecule has 0 aromatic heterocycles. The first-order valence-electron chi connectivity index (χ1n) is 6.91. The number of nitrogens with one attached hydrogen (secondary N) is 1. The molecule has 1 unspecified atom stereocenters. The van der Waals surface area contributed by atoms with Crippen molar-refractivity contribution < 1.29 is 19.4 Å². The van der Waals surface area contributed by atoms with Crippen molar-refractivity contribution in [2.45, 2.75) is 39.3 Å². The third-order valence-corrected chi connectivity index (χ3v) is 3.23. The summed E-state index contributed by atoms with van der Waals surface area (Å²) in [6.07, 6.45) is 1.92. The summed E-state index contributed by atoms with van der Waals surface area (Å²) in [4.78, 5) is 11.8. The van der Waals surface area contributed by atoms with Crippen LogP contribution in [0.15, 0.2) is 12.1 Å². The number of hydrogen-bond donors (Lipinski definition) is 2. The molecule has 21 heavy (non-hydrogen) atoms. The third kappa shape index (κ3) is 5.44. The summed E-state index contributed by atoms with van der Waals surface area (Å²) in [5.41, 5.74) is 0.616.